The number of fused-ring (bicyclic) bond motifs is 3. The van der Waals surface area contributed by atoms with E-state index >= 15 is 0 Å². The Balaban J connectivity index is 1.76. The molecule has 0 saturated heterocycles. The summed E-state index contributed by atoms with van der Waals surface area (Å²) in [6.45, 7) is 0.166. The normalized spacial score (nSPS) is 11.2. The van der Waals surface area contributed by atoms with Gasteiger partial charge in [0, 0.05) is 18.3 Å². The third-order valence-electron chi connectivity index (χ3n) is 4.39. The van der Waals surface area contributed by atoms with Crippen LogP contribution in [0.5, 0.6) is 5.75 Å². The number of hydrogen-bond acceptors (Lipinski definition) is 4. The molecular formula is C20H18ClFN4O. The van der Waals surface area contributed by atoms with Crippen molar-refractivity contribution in [1.29, 1.82) is 0 Å². The summed E-state index contributed by atoms with van der Waals surface area (Å²) in [5.74, 6) is 1.37. The number of alkyl halides is 1. The first kappa shape index (κ1) is 17.5. The Morgan fingerprint density at radius 1 is 1.11 bits per heavy atom. The van der Waals surface area contributed by atoms with Gasteiger partial charge in [-0.25, -0.2) is 9.97 Å². The van der Waals surface area contributed by atoms with Gasteiger partial charge < -0.3 is 10.1 Å². The molecule has 0 aliphatic carbocycles. The van der Waals surface area contributed by atoms with Crippen LogP contribution in [0.1, 0.15) is 6.42 Å². The molecule has 0 spiro atoms. The van der Waals surface area contributed by atoms with Crippen LogP contribution in [0.4, 0.5) is 10.1 Å². The Bertz CT molecular complexity index is 1090. The second kappa shape index (κ2) is 7.40. The fraction of sp³-hybridized carbons (Fsp3) is 0.200. The van der Waals surface area contributed by atoms with Crippen molar-refractivity contribution in [1.82, 2.24) is 14.4 Å². The molecule has 0 aliphatic heterocycles. The van der Waals surface area contributed by atoms with Crippen LogP contribution >= 0.6 is 11.6 Å². The van der Waals surface area contributed by atoms with Crippen LogP contribution in [-0.4, -0.2) is 34.7 Å². The van der Waals surface area contributed by atoms with E-state index in [1.54, 1.807) is 7.11 Å². The van der Waals surface area contributed by atoms with Gasteiger partial charge >= 0.3 is 0 Å². The number of imidazole rings is 1. The molecule has 2 heterocycles. The second-order valence-corrected chi connectivity index (χ2v) is 6.47. The SMILES string of the molecule is COc1ccc(-c2ccn3c(n2)nc2ccc(NCCCF)c(Cl)c23)cc1. The van der Waals surface area contributed by atoms with Gasteiger partial charge in [0.2, 0.25) is 5.78 Å². The Morgan fingerprint density at radius 2 is 1.93 bits per heavy atom. The zero-order chi connectivity index (χ0) is 18.8. The molecule has 0 aliphatic rings. The quantitative estimate of drug-likeness (QED) is 0.476. The molecule has 7 heteroatoms. The molecule has 138 valence electrons. The second-order valence-electron chi connectivity index (χ2n) is 6.09. The average Bonchev–Trinajstić information content (AvgIpc) is 3.08. The van der Waals surface area contributed by atoms with E-state index in [1.807, 2.05) is 53.1 Å². The van der Waals surface area contributed by atoms with Crippen LogP contribution in [-0.2, 0) is 0 Å². The predicted molar refractivity (Wildman–Crippen MR) is 107 cm³/mol. The van der Waals surface area contributed by atoms with E-state index in [0.29, 0.717) is 23.8 Å². The number of ether oxygens (including phenoxy) is 1. The Hall–Kier alpha value is -2.86. The minimum absolute atomic E-state index is 0.361. The predicted octanol–water partition coefficient (Wildman–Crippen LogP) is 4.98. The Morgan fingerprint density at radius 3 is 2.67 bits per heavy atom. The van der Waals surface area contributed by atoms with Gasteiger partial charge in [0.05, 0.1) is 41.2 Å². The highest BCUT2D eigenvalue weighted by molar-refractivity contribution is 6.37. The first-order valence-corrected chi connectivity index (χ1v) is 9.00. The van der Waals surface area contributed by atoms with E-state index in [-0.39, 0.29) is 6.67 Å². The highest BCUT2D eigenvalue weighted by atomic mass is 35.5. The molecule has 4 aromatic rings. The van der Waals surface area contributed by atoms with Crippen LogP contribution in [0.25, 0.3) is 28.1 Å². The number of nitrogens with zero attached hydrogens (tertiary/aromatic N) is 3. The highest BCUT2D eigenvalue weighted by Gasteiger charge is 2.13. The van der Waals surface area contributed by atoms with Crippen LogP contribution in [0, 0.1) is 0 Å². The van der Waals surface area contributed by atoms with Gasteiger partial charge in [0.25, 0.3) is 0 Å². The number of nitrogens with one attached hydrogen (secondary N) is 1. The zero-order valence-corrected chi connectivity index (χ0v) is 15.5. The standard InChI is InChI=1S/C20H18ClFN4O/c1-27-14-5-3-13(4-6-14)15-9-12-26-19-17(25-20(26)24-15)8-7-16(18(19)21)23-11-2-10-22/h3-9,12,23H,2,10-11H2,1H3. The van der Waals surface area contributed by atoms with Gasteiger partial charge in [-0.3, -0.25) is 8.79 Å². The average molecular weight is 385 g/mol. The molecule has 0 bridgehead atoms. The fourth-order valence-corrected chi connectivity index (χ4v) is 3.31. The first-order chi connectivity index (χ1) is 13.2. The van der Waals surface area contributed by atoms with Crippen LogP contribution in [0.3, 0.4) is 0 Å². The van der Waals surface area contributed by atoms with Gasteiger partial charge in [0.15, 0.2) is 0 Å². The zero-order valence-electron chi connectivity index (χ0n) is 14.7. The van der Waals surface area contributed by atoms with Gasteiger partial charge in [-0.15, -0.1) is 0 Å². The summed E-state index contributed by atoms with van der Waals surface area (Å²) in [7, 11) is 1.64. The van der Waals surface area contributed by atoms with Crippen molar-refractivity contribution in [3.05, 3.63) is 53.7 Å². The number of benzene rings is 2. The number of anilines is 1. The van der Waals surface area contributed by atoms with Gasteiger partial charge in [0.1, 0.15) is 5.75 Å². The van der Waals surface area contributed by atoms with E-state index < -0.39 is 0 Å². The molecule has 0 radical (unpaired) electrons. The summed E-state index contributed by atoms with van der Waals surface area (Å²) in [6.07, 6.45) is 2.35. The molecule has 0 saturated carbocycles. The topological polar surface area (TPSA) is 51.5 Å². The number of halogens is 2. The maximum absolute atomic E-state index is 12.3. The summed E-state index contributed by atoms with van der Waals surface area (Å²) in [5, 5.41) is 3.72. The van der Waals surface area contributed by atoms with Crippen molar-refractivity contribution >= 4 is 34.1 Å². The molecule has 0 atom stereocenters. The molecule has 4 rings (SSSR count). The van der Waals surface area contributed by atoms with Crippen molar-refractivity contribution in [2.24, 2.45) is 0 Å². The largest absolute Gasteiger partial charge is 0.497 e. The van der Waals surface area contributed by atoms with Crippen molar-refractivity contribution in [2.45, 2.75) is 6.42 Å². The van der Waals surface area contributed by atoms with Crippen molar-refractivity contribution in [3.8, 4) is 17.0 Å². The minimum Gasteiger partial charge on any atom is -0.497 e. The summed E-state index contributed by atoms with van der Waals surface area (Å²) in [4.78, 5) is 9.26. The molecule has 2 aromatic heterocycles. The highest BCUT2D eigenvalue weighted by Crippen LogP contribution is 2.32. The lowest BCUT2D eigenvalue weighted by Gasteiger charge is -2.08. The van der Waals surface area contributed by atoms with E-state index in [1.165, 1.54) is 0 Å². The fourth-order valence-electron chi connectivity index (χ4n) is 2.99. The molecule has 1 N–H and O–H groups in total. The van der Waals surface area contributed by atoms with Crippen molar-refractivity contribution in [2.75, 3.05) is 25.6 Å². The van der Waals surface area contributed by atoms with Crippen molar-refractivity contribution in [3.63, 3.8) is 0 Å². The number of aromatic nitrogens is 3. The monoisotopic (exact) mass is 384 g/mol. The maximum Gasteiger partial charge on any atom is 0.235 e. The third-order valence-corrected chi connectivity index (χ3v) is 4.77. The lowest BCUT2D eigenvalue weighted by molar-refractivity contribution is 0.415. The van der Waals surface area contributed by atoms with Crippen LogP contribution < -0.4 is 10.1 Å². The van der Waals surface area contributed by atoms with E-state index in [2.05, 4.69) is 15.3 Å². The molecular weight excluding hydrogens is 367 g/mol. The molecule has 5 nitrogen and oxygen atoms in total. The first-order valence-electron chi connectivity index (χ1n) is 8.63. The van der Waals surface area contributed by atoms with E-state index in [0.717, 1.165) is 33.7 Å². The smallest absolute Gasteiger partial charge is 0.235 e. The molecule has 2 aromatic carbocycles. The number of rotatable bonds is 6. The number of methoxy groups -OCH3 is 1. The summed E-state index contributed by atoms with van der Waals surface area (Å²) >= 11 is 6.57. The van der Waals surface area contributed by atoms with Crippen molar-refractivity contribution < 1.29 is 9.13 Å². The lowest BCUT2D eigenvalue weighted by atomic mass is 10.1. The van der Waals surface area contributed by atoms with E-state index in [9.17, 15) is 4.39 Å². The van der Waals surface area contributed by atoms with E-state index in [4.69, 9.17) is 16.3 Å². The molecule has 0 fully saturated rings. The van der Waals surface area contributed by atoms with Gasteiger partial charge in [-0.05, 0) is 48.9 Å². The van der Waals surface area contributed by atoms with Gasteiger partial charge in [-0.1, -0.05) is 11.6 Å². The molecule has 0 unspecified atom stereocenters. The van der Waals surface area contributed by atoms with Crippen LogP contribution in [0.2, 0.25) is 5.02 Å². The third kappa shape index (κ3) is 3.28. The summed E-state index contributed by atoms with van der Waals surface area (Å²) in [5.41, 5.74) is 4.10. The molecule has 27 heavy (non-hydrogen) atoms. The Labute approximate surface area is 160 Å². The molecule has 0 amide bonds. The van der Waals surface area contributed by atoms with Crippen LogP contribution in [0.15, 0.2) is 48.7 Å². The summed E-state index contributed by atoms with van der Waals surface area (Å²) in [6, 6.07) is 13.4. The number of hydrogen-bond donors (Lipinski definition) is 1. The maximum atomic E-state index is 12.3. The van der Waals surface area contributed by atoms with Gasteiger partial charge in [-0.2, -0.15) is 0 Å². The lowest BCUT2D eigenvalue weighted by Crippen LogP contribution is -2.03. The summed E-state index contributed by atoms with van der Waals surface area (Å²) < 4.78 is 19.4. The minimum atomic E-state index is -0.361. The Kier molecular flexibility index (Phi) is 4.81.